The number of carbonyl (C=O) groups excluding carboxylic acids is 1. The van der Waals surface area contributed by atoms with Gasteiger partial charge in [0.05, 0.1) is 6.04 Å². The van der Waals surface area contributed by atoms with Crippen LogP contribution in [0, 0.1) is 5.82 Å². The summed E-state index contributed by atoms with van der Waals surface area (Å²) >= 11 is 3.35. The van der Waals surface area contributed by atoms with Gasteiger partial charge in [-0.25, -0.2) is 12.8 Å². The number of aryl methyl sites for hydroxylation is 1. The highest BCUT2D eigenvalue weighted by atomic mass is 79.9. The second-order valence-electron chi connectivity index (χ2n) is 7.00. The van der Waals surface area contributed by atoms with E-state index in [2.05, 4.69) is 20.9 Å². The predicted octanol–water partition coefficient (Wildman–Crippen LogP) is 4.08. The van der Waals surface area contributed by atoms with E-state index in [0.717, 1.165) is 10.0 Å². The largest absolute Gasteiger partial charge is 0.443 e. The van der Waals surface area contributed by atoms with Gasteiger partial charge in [0.1, 0.15) is 11.4 Å². The molecule has 3 aromatic rings. The third-order valence-electron chi connectivity index (χ3n) is 5.02. The van der Waals surface area contributed by atoms with Crippen LogP contribution in [0.4, 0.5) is 4.39 Å². The summed E-state index contributed by atoms with van der Waals surface area (Å²) < 4.78 is 47.1. The van der Waals surface area contributed by atoms with Crippen LogP contribution in [0.5, 0.6) is 0 Å². The number of carbonyl (C=O) groups is 1. The number of ketones is 1. The molecule has 1 fully saturated rings. The number of sulfonamides is 1. The summed E-state index contributed by atoms with van der Waals surface area (Å²) in [7, 11) is -3.99. The lowest BCUT2D eigenvalue weighted by Crippen LogP contribution is -2.40. The van der Waals surface area contributed by atoms with Crippen molar-refractivity contribution >= 4 is 42.7 Å². The first-order chi connectivity index (χ1) is 13.8. The number of Topliss-reactive ketones (excluding diaryl/α,β-unsaturated/α-hetero) is 1. The van der Waals surface area contributed by atoms with E-state index in [1.54, 1.807) is 12.4 Å². The number of furan rings is 1. The molecule has 1 saturated heterocycles. The molecule has 0 unspecified atom stereocenters. The molecule has 0 saturated carbocycles. The van der Waals surface area contributed by atoms with Gasteiger partial charge in [-0.1, -0.05) is 0 Å². The second kappa shape index (κ2) is 7.97. The normalized spacial score (nSPS) is 17.8. The highest BCUT2D eigenvalue weighted by Gasteiger charge is 2.40. The Balaban J connectivity index is 1.53. The van der Waals surface area contributed by atoms with Crippen LogP contribution < -0.4 is 0 Å². The number of nitrogens with zero attached hydrogens (tertiary/aromatic N) is 2. The van der Waals surface area contributed by atoms with Gasteiger partial charge in [-0.15, -0.1) is 0 Å². The van der Waals surface area contributed by atoms with Gasteiger partial charge in [0.15, 0.2) is 5.78 Å². The molecule has 9 heteroatoms. The smallest absolute Gasteiger partial charge is 0.277 e. The van der Waals surface area contributed by atoms with Gasteiger partial charge in [0, 0.05) is 41.3 Å². The highest BCUT2D eigenvalue weighted by Crippen LogP contribution is 2.31. The minimum atomic E-state index is -3.99. The molecule has 0 amide bonds. The molecule has 152 valence electrons. The Morgan fingerprint density at radius 3 is 2.90 bits per heavy atom. The van der Waals surface area contributed by atoms with Crippen LogP contribution in [-0.4, -0.2) is 36.1 Å². The number of benzene rings is 1. The number of hydrogen-bond donors (Lipinski definition) is 0. The number of pyridine rings is 1. The quantitative estimate of drug-likeness (QED) is 0.530. The first-order valence-corrected chi connectivity index (χ1v) is 11.4. The fourth-order valence-corrected chi connectivity index (χ4v) is 5.65. The number of aromatic nitrogens is 1. The Kier molecular flexibility index (Phi) is 5.54. The fraction of sp³-hybridized carbons (Fsp3) is 0.300. The second-order valence-corrected chi connectivity index (χ2v) is 9.74. The molecule has 2 aromatic heterocycles. The lowest BCUT2D eigenvalue weighted by Gasteiger charge is -2.21. The van der Waals surface area contributed by atoms with Crippen molar-refractivity contribution in [1.29, 1.82) is 0 Å². The van der Waals surface area contributed by atoms with Crippen molar-refractivity contribution in [3.05, 3.63) is 58.6 Å². The van der Waals surface area contributed by atoms with Crippen molar-refractivity contribution in [2.24, 2.45) is 0 Å². The topological polar surface area (TPSA) is 80.5 Å². The number of halogens is 2. The van der Waals surface area contributed by atoms with E-state index in [4.69, 9.17) is 4.42 Å². The molecular weight excluding hydrogens is 463 g/mol. The van der Waals surface area contributed by atoms with E-state index >= 15 is 0 Å². The fourth-order valence-electron chi connectivity index (χ4n) is 3.61. The van der Waals surface area contributed by atoms with E-state index in [-0.39, 0.29) is 29.4 Å². The zero-order valence-corrected chi connectivity index (χ0v) is 17.7. The Labute approximate surface area is 175 Å². The molecule has 0 aliphatic carbocycles. The average molecular weight is 481 g/mol. The summed E-state index contributed by atoms with van der Waals surface area (Å²) in [6.07, 6.45) is 5.14. The summed E-state index contributed by atoms with van der Waals surface area (Å²) in [4.78, 5) is 16.9. The van der Waals surface area contributed by atoms with Gasteiger partial charge in [-0.3, -0.25) is 9.78 Å². The van der Waals surface area contributed by atoms with Crippen LogP contribution in [-0.2, 0) is 21.2 Å². The molecule has 0 N–H and O–H groups in total. The molecule has 0 radical (unpaired) electrons. The number of hydrogen-bond acceptors (Lipinski definition) is 5. The van der Waals surface area contributed by atoms with Crippen LogP contribution in [0.2, 0.25) is 0 Å². The lowest BCUT2D eigenvalue weighted by atomic mass is 10.0. The van der Waals surface area contributed by atoms with E-state index in [1.165, 1.54) is 28.6 Å². The van der Waals surface area contributed by atoms with Crippen LogP contribution in [0.15, 0.2) is 56.7 Å². The molecule has 1 aliphatic rings. The summed E-state index contributed by atoms with van der Waals surface area (Å²) in [6.45, 7) is 0.253. The van der Waals surface area contributed by atoms with Crippen LogP contribution in [0.1, 0.15) is 24.8 Å². The number of fused-ring (bicyclic) bond motifs is 1. The van der Waals surface area contributed by atoms with E-state index in [0.29, 0.717) is 24.6 Å². The zero-order chi connectivity index (χ0) is 20.6. The van der Waals surface area contributed by atoms with E-state index in [1.807, 2.05) is 6.07 Å². The van der Waals surface area contributed by atoms with Crippen molar-refractivity contribution in [1.82, 2.24) is 9.29 Å². The Hall–Kier alpha value is -2.10. The lowest BCUT2D eigenvalue weighted by molar-refractivity contribution is -0.122. The van der Waals surface area contributed by atoms with Gasteiger partial charge < -0.3 is 4.42 Å². The Morgan fingerprint density at radius 2 is 2.10 bits per heavy atom. The minimum absolute atomic E-state index is 0.131. The maximum Gasteiger partial charge on any atom is 0.277 e. The molecule has 1 aliphatic heterocycles. The highest BCUT2D eigenvalue weighted by molar-refractivity contribution is 9.10. The monoisotopic (exact) mass is 480 g/mol. The van der Waals surface area contributed by atoms with E-state index in [9.17, 15) is 17.6 Å². The van der Waals surface area contributed by atoms with Crippen molar-refractivity contribution in [3.63, 3.8) is 0 Å². The van der Waals surface area contributed by atoms with Crippen LogP contribution in [0.25, 0.3) is 11.0 Å². The standard InChI is InChI=1S/C20H18BrFN2O4S/c21-15-8-13(11-23-12-15)3-5-18(25)17-2-1-7-24(17)29(26,27)20-10-14-9-16(22)4-6-19(14)28-20/h4,6,8-12,17H,1-3,5,7H2/t17-/m0/s1. The van der Waals surface area contributed by atoms with Gasteiger partial charge in [0.2, 0.25) is 5.09 Å². The number of rotatable bonds is 6. The third kappa shape index (κ3) is 4.12. The van der Waals surface area contributed by atoms with Gasteiger partial charge in [-0.2, -0.15) is 4.31 Å². The van der Waals surface area contributed by atoms with Gasteiger partial charge in [0.25, 0.3) is 10.0 Å². The first-order valence-electron chi connectivity index (χ1n) is 9.18. The average Bonchev–Trinajstić information content (AvgIpc) is 3.33. The molecule has 1 atom stereocenters. The maximum absolute atomic E-state index is 13.4. The third-order valence-corrected chi connectivity index (χ3v) is 7.21. The maximum atomic E-state index is 13.4. The summed E-state index contributed by atoms with van der Waals surface area (Å²) in [5.41, 5.74) is 1.19. The van der Waals surface area contributed by atoms with E-state index < -0.39 is 21.9 Å². The Bertz CT molecular complexity index is 1180. The SMILES string of the molecule is O=C(CCc1cncc(Br)c1)[C@@H]1CCCN1S(=O)(=O)c1cc2cc(F)ccc2o1. The zero-order valence-electron chi connectivity index (χ0n) is 15.3. The molecule has 29 heavy (non-hydrogen) atoms. The molecule has 3 heterocycles. The predicted molar refractivity (Wildman–Crippen MR) is 108 cm³/mol. The molecule has 4 rings (SSSR count). The van der Waals surface area contributed by atoms with Crippen LogP contribution in [0.3, 0.4) is 0 Å². The summed E-state index contributed by atoms with van der Waals surface area (Å²) in [5.74, 6) is -0.605. The molecule has 0 bridgehead atoms. The first kappa shape index (κ1) is 20.2. The van der Waals surface area contributed by atoms with Crippen molar-refractivity contribution < 1.29 is 22.0 Å². The van der Waals surface area contributed by atoms with Crippen molar-refractivity contribution in [3.8, 4) is 0 Å². The molecule has 0 spiro atoms. The Morgan fingerprint density at radius 1 is 1.28 bits per heavy atom. The van der Waals surface area contributed by atoms with Crippen LogP contribution >= 0.6 is 15.9 Å². The van der Waals surface area contributed by atoms with Gasteiger partial charge in [-0.05, 0) is 65.0 Å². The molecule has 6 nitrogen and oxygen atoms in total. The van der Waals surface area contributed by atoms with Crippen molar-refractivity contribution in [2.75, 3.05) is 6.54 Å². The summed E-state index contributed by atoms with van der Waals surface area (Å²) in [5, 5.41) is 0.0989. The van der Waals surface area contributed by atoms with Crippen molar-refractivity contribution in [2.45, 2.75) is 36.8 Å². The molecular formula is C20H18BrFN2O4S. The summed E-state index contributed by atoms with van der Waals surface area (Å²) in [6, 6.07) is 6.29. The molecule has 1 aromatic carbocycles. The van der Waals surface area contributed by atoms with Gasteiger partial charge >= 0.3 is 0 Å². The minimum Gasteiger partial charge on any atom is -0.443 e.